The standard InChI is InChI=1S/C18H23N4O3/c1-2-24-13-6-7-14-15(11-13)21-17(12-20-14)25-10-9-22-8-4-3-5-16(22)18(19)23/h3,6-7,11-12,16H,2,4-5,8-10H2,1H3,(H2,19,23). The molecule has 0 aliphatic carbocycles. The van der Waals surface area contributed by atoms with Crippen LogP contribution in [0.5, 0.6) is 11.6 Å². The molecule has 1 aromatic carbocycles. The number of carbonyl (C=O) groups excluding carboxylic acids is 1. The zero-order valence-corrected chi connectivity index (χ0v) is 14.4. The number of likely N-dealkylation sites (tertiary alicyclic amines) is 1. The van der Waals surface area contributed by atoms with E-state index in [1.54, 1.807) is 6.20 Å². The molecule has 1 atom stereocenters. The highest BCUT2D eigenvalue weighted by Gasteiger charge is 2.26. The second-order valence-electron chi connectivity index (χ2n) is 5.91. The number of piperidine rings is 1. The maximum Gasteiger partial charge on any atom is 0.234 e. The predicted octanol–water partition coefficient (Wildman–Crippen LogP) is 1.56. The monoisotopic (exact) mass is 343 g/mol. The number of nitrogens with zero attached hydrogens (tertiary/aromatic N) is 3. The smallest absolute Gasteiger partial charge is 0.234 e. The average molecular weight is 343 g/mol. The average Bonchev–Trinajstić information content (AvgIpc) is 2.62. The lowest BCUT2D eigenvalue weighted by Crippen LogP contribution is -2.49. The molecule has 0 saturated carbocycles. The minimum Gasteiger partial charge on any atom is -0.494 e. The number of hydrogen-bond acceptors (Lipinski definition) is 6. The third-order valence-electron chi connectivity index (χ3n) is 4.21. The van der Waals surface area contributed by atoms with Gasteiger partial charge in [0.1, 0.15) is 12.4 Å². The number of primary amides is 1. The molecular formula is C18H23N4O3. The van der Waals surface area contributed by atoms with Gasteiger partial charge in [0.25, 0.3) is 0 Å². The minimum absolute atomic E-state index is 0.242. The van der Waals surface area contributed by atoms with Crippen molar-refractivity contribution in [3.8, 4) is 11.6 Å². The number of hydrogen-bond donors (Lipinski definition) is 1. The van der Waals surface area contributed by atoms with Crippen LogP contribution in [0, 0.1) is 6.42 Å². The van der Waals surface area contributed by atoms with Crippen LogP contribution in [0.1, 0.15) is 19.8 Å². The summed E-state index contributed by atoms with van der Waals surface area (Å²) in [6.45, 7) is 4.41. The Morgan fingerprint density at radius 1 is 1.36 bits per heavy atom. The Morgan fingerprint density at radius 2 is 2.24 bits per heavy atom. The Labute approximate surface area is 147 Å². The van der Waals surface area contributed by atoms with Gasteiger partial charge in [-0.2, -0.15) is 0 Å². The number of nitrogens with two attached hydrogens (primary N) is 1. The van der Waals surface area contributed by atoms with Crippen molar-refractivity contribution < 1.29 is 14.3 Å². The summed E-state index contributed by atoms with van der Waals surface area (Å²) >= 11 is 0. The molecule has 7 nitrogen and oxygen atoms in total. The quantitative estimate of drug-likeness (QED) is 0.820. The number of ether oxygens (including phenoxy) is 2. The van der Waals surface area contributed by atoms with Gasteiger partial charge in [-0.15, -0.1) is 0 Å². The summed E-state index contributed by atoms with van der Waals surface area (Å²) in [4.78, 5) is 22.4. The maximum atomic E-state index is 11.5. The summed E-state index contributed by atoms with van der Waals surface area (Å²) in [7, 11) is 0. The van der Waals surface area contributed by atoms with Crippen molar-refractivity contribution in [3.05, 3.63) is 30.8 Å². The number of amides is 1. The zero-order valence-electron chi connectivity index (χ0n) is 14.4. The fraction of sp³-hybridized carbons (Fsp3) is 0.444. The highest BCUT2D eigenvalue weighted by molar-refractivity contribution is 5.80. The van der Waals surface area contributed by atoms with Crippen molar-refractivity contribution in [2.45, 2.75) is 25.8 Å². The Morgan fingerprint density at radius 3 is 3.04 bits per heavy atom. The van der Waals surface area contributed by atoms with Crippen LogP contribution in [0.15, 0.2) is 24.4 Å². The van der Waals surface area contributed by atoms with Crippen molar-refractivity contribution in [1.82, 2.24) is 14.9 Å². The molecule has 2 N–H and O–H groups in total. The van der Waals surface area contributed by atoms with Crippen molar-refractivity contribution in [2.24, 2.45) is 5.73 Å². The molecule has 7 heteroatoms. The van der Waals surface area contributed by atoms with E-state index < -0.39 is 0 Å². The molecule has 1 aromatic heterocycles. The molecule has 0 bridgehead atoms. The third-order valence-corrected chi connectivity index (χ3v) is 4.21. The normalized spacial score (nSPS) is 18.2. The van der Waals surface area contributed by atoms with Gasteiger partial charge >= 0.3 is 0 Å². The van der Waals surface area contributed by atoms with E-state index in [4.69, 9.17) is 15.2 Å². The van der Waals surface area contributed by atoms with E-state index in [1.807, 2.05) is 25.1 Å². The Kier molecular flexibility index (Phi) is 5.65. The second kappa shape index (κ2) is 8.11. The first kappa shape index (κ1) is 17.4. The third kappa shape index (κ3) is 4.36. The van der Waals surface area contributed by atoms with E-state index in [9.17, 15) is 4.79 Å². The van der Waals surface area contributed by atoms with Gasteiger partial charge in [-0.25, -0.2) is 9.97 Å². The van der Waals surface area contributed by atoms with Crippen molar-refractivity contribution in [1.29, 1.82) is 0 Å². The molecule has 1 radical (unpaired) electrons. The predicted molar refractivity (Wildman–Crippen MR) is 94.3 cm³/mol. The van der Waals surface area contributed by atoms with Crippen LogP contribution < -0.4 is 15.2 Å². The van der Waals surface area contributed by atoms with Gasteiger partial charge in [0.2, 0.25) is 11.8 Å². The highest BCUT2D eigenvalue weighted by atomic mass is 16.5. The van der Waals surface area contributed by atoms with E-state index in [-0.39, 0.29) is 11.9 Å². The van der Waals surface area contributed by atoms with Gasteiger partial charge in [0.05, 0.1) is 29.9 Å². The number of rotatable bonds is 7. The summed E-state index contributed by atoms with van der Waals surface area (Å²) in [6.07, 6.45) is 5.38. The van der Waals surface area contributed by atoms with E-state index in [1.165, 1.54) is 0 Å². The Balaban J connectivity index is 1.61. The zero-order chi connectivity index (χ0) is 17.6. The molecule has 1 amide bonds. The molecule has 133 valence electrons. The highest BCUT2D eigenvalue weighted by Crippen LogP contribution is 2.20. The van der Waals surface area contributed by atoms with Crippen LogP contribution in [-0.2, 0) is 4.79 Å². The molecular weight excluding hydrogens is 320 g/mol. The molecule has 2 aromatic rings. The van der Waals surface area contributed by atoms with Crippen LogP contribution in [0.3, 0.4) is 0 Å². The van der Waals surface area contributed by atoms with Crippen LogP contribution in [-0.4, -0.2) is 53.1 Å². The number of fused-ring (bicyclic) bond motifs is 1. The van der Waals surface area contributed by atoms with E-state index >= 15 is 0 Å². The van der Waals surface area contributed by atoms with E-state index in [0.29, 0.717) is 32.1 Å². The Bertz CT molecular complexity index is 737. The Hall–Kier alpha value is -2.41. The van der Waals surface area contributed by atoms with Crippen molar-refractivity contribution in [2.75, 3.05) is 26.3 Å². The van der Waals surface area contributed by atoms with Gasteiger partial charge in [0.15, 0.2) is 0 Å². The van der Waals surface area contributed by atoms with Crippen LogP contribution in [0.2, 0.25) is 0 Å². The number of benzene rings is 1. The molecule has 1 fully saturated rings. The summed E-state index contributed by atoms with van der Waals surface area (Å²) in [6, 6.07) is 5.35. The summed E-state index contributed by atoms with van der Waals surface area (Å²) in [5, 5.41) is 0. The first-order valence-electron chi connectivity index (χ1n) is 8.55. The van der Waals surface area contributed by atoms with Crippen LogP contribution >= 0.6 is 0 Å². The summed E-state index contributed by atoms with van der Waals surface area (Å²) < 4.78 is 11.2. The van der Waals surface area contributed by atoms with Gasteiger partial charge in [-0.05, 0) is 44.9 Å². The van der Waals surface area contributed by atoms with Gasteiger partial charge in [-0.1, -0.05) is 0 Å². The lowest BCUT2D eigenvalue weighted by molar-refractivity contribution is -0.123. The van der Waals surface area contributed by atoms with Gasteiger partial charge in [0, 0.05) is 12.6 Å². The molecule has 25 heavy (non-hydrogen) atoms. The van der Waals surface area contributed by atoms with Gasteiger partial charge in [-0.3, -0.25) is 9.69 Å². The molecule has 1 aliphatic heterocycles. The molecule has 3 rings (SSSR count). The largest absolute Gasteiger partial charge is 0.494 e. The molecule has 1 unspecified atom stereocenters. The van der Waals surface area contributed by atoms with Crippen molar-refractivity contribution >= 4 is 16.9 Å². The summed E-state index contributed by atoms with van der Waals surface area (Å²) in [5.74, 6) is 0.931. The van der Waals surface area contributed by atoms with Gasteiger partial charge < -0.3 is 15.2 Å². The lowest BCUT2D eigenvalue weighted by atomic mass is 10.0. The van der Waals surface area contributed by atoms with E-state index in [0.717, 1.165) is 29.7 Å². The minimum atomic E-state index is -0.287. The number of aromatic nitrogens is 2. The van der Waals surface area contributed by atoms with Crippen molar-refractivity contribution in [3.63, 3.8) is 0 Å². The van der Waals surface area contributed by atoms with Crippen LogP contribution in [0.25, 0.3) is 11.0 Å². The van der Waals surface area contributed by atoms with E-state index in [2.05, 4.69) is 21.3 Å². The fourth-order valence-corrected chi connectivity index (χ4v) is 2.97. The molecule has 1 aliphatic rings. The number of carbonyl (C=O) groups is 1. The lowest BCUT2D eigenvalue weighted by Gasteiger charge is -2.33. The first-order chi connectivity index (χ1) is 12.2. The SMILES string of the molecule is CCOc1ccc2ncc(OCCN3CC[CH]CC3C(N)=O)nc2c1. The second-order valence-corrected chi connectivity index (χ2v) is 5.91. The molecule has 1 saturated heterocycles. The first-order valence-corrected chi connectivity index (χ1v) is 8.55. The fourth-order valence-electron chi connectivity index (χ4n) is 2.97. The topological polar surface area (TPSA) is 90.6 Å². The summed E-state index contributed by atoms with van der Waals surface area (Å²) in [5.41, 5.74) is 6.98. The maximum absolute atomic E-state index is 11.5. The molecule has 0 spiro atoms. The van der Waals surface area contributed by atoms with Crippen LogP contribution in [0.4, 0.5) is 0 Å². The molecule has 2 heterocycles.